The van der Waals surface area contributed by atoms with Crippen molar-refractivity contribution >= 4 is 22.7 Å². The molecule has 3 aromatic rings. The molecule has 4 heterocycles. The summed E-state index contributed by atoms with van der Waals surface area (Å²) in [5.41, 5.74) is 0.723. The smallest absolute Gasteiger partial charge is 0.381 e. The first-order chi connectivity index (χ1) is 15.7. The van der Waals surface area contributed by atoms with Crippen molar-refractivity contribution in [3.05, 3.63) is 36.4 Å². The van der Waals surface area contributed by atoms with E-state index >= 15 is 0 Å². The number of nitrogens with zero attached hydrogens (tertiary/aromatic N) is 6. The zero-order valence-corrected chi connectivity index (χ0v) is 17.6. The standard InChI is InChI=1S/C21H22F5N7/c22-17(23)12-33-19-15(10-29-33)27-11-18(31-19)32-5-3-20(4-6-32)7-14(8-20)30-13-1-2-16(28-9-13)21(24,25)26/h1-2,9-11,14,17,30H,3-8,12H2. The molecule has 3 aromatic heterocycles. The molecular weight excluding hydrogens is 445 g/mol. The van der Waals surface area contributed by atoms with Crippen LogP contribution < -0.4 is 10.2 Å². The lowest BCUT2D eigenvalue weighted by atomic mass is 9.60. The Labute approximate surface area is 186 Å². The number of rotatable bonds is 5. The van der Waals surface area contributed by atoms with Gasteiger partial charge in [0.2, 0.25) is 0 Å². The van der Waals surface area contributed by atoms with E-state index in [2.05, 4.69) is 30.3 Å². The van der Waals surface area contributed by atoms with Crippen molar-refractivity contribution in [2.45, 2.75) is 50.9 Å². The first-order valence-electron chi connectivity index (χ1n) is 10.7. The fourth-order valence-corrected chi connectivity index (χ4v) is 4.85. The maximum atomic E-state index is 12.8. The normalized spacial score (nSPS) is 18.8. The molecule has 0 bridgehead atoms. The van der Waals surface area contributed by atoms with Crippen molar-refractivity contribution in [3.8, 4) is 0 Å². The predicted molar refractivity (Wildman–Crippen MR) is 111 cm³/mol. The van der Waals surface area contributed by atoms with Crippen molar-refractivity contribution in [3.63, 3.8) is 0 Å². The summed E-state index contributed by atoms with van der Waals surface area (Å²) in [5, 5.41) is 7.23. The summed E-state index contributed by atoms with van der Waals surface area (Å²) in [6, 6.07) is 2.60. The van der Waals surface area contributed by atoms with E-state index in [0.29, 0.717) is 22.7 Å². The molecule has 1 aliphatic carbocycles. The molecule has 176 valence electrons. The van der Waals surface area contributed by atoms with Crippen LogP contribution in [0.4, 0.5) is 33.5 Å². The van der Waals surface area contributed by atoms with Crippen molar-refractivity contribution in [2.75, 3.05) is 23.3 Å². The third kappa shape index (κ3) is 4.42. The van der Waals surface area contributed by atoms with Crippen LogP contribution in [0.2, 0.25) is 0 Å². The minimum absolute atomic E-state index is 0.197. The zero-order valence-electron chi connectivity index (χ0n) is 17.6. The SMILES string of the molecule is FC(F)Cn1ncc2ncc(N3CCC4(CC3)CC(Nc3ccc(C(F)(F)F)nc3)C4)nc21. The van der Waals surface area contributed by atoms with Gasteiger partial charge in [-0.05, 0) is 43.2 Å². The highest BCUT2D eigenvalue weighted by atomic mass is 19.4. The van der Waals surface area contributed by atoms with E-state index in [4.69, 9.17) is 0 Å². The van der Waals surface area contributed by atoms with E-state index in [9.17, 15) is 22.0 Å². The Balaban J connectivity index is 1.17. The van der Waals surface area contributed by atoms with Crippen molar-refractivity contribution in [2.24, 2.45) is 5.41 Å². The van der Waals surface area contributed by atoms with Crippen LogP contribution in [0.15, 0.2) is 30.7 Å². The molecule has 0 unspecified atom stereocenters. The molecule has 7 nitrogen and oxygen atoms in total. The summed E-state index contributed by atoms with van der Waals surface area (Å²) in [7, 11) is 0. The number of halogens is 5. The third-order valence-electron chi connectivity index (χ3n) is 6.58. The Morgan fingerprint density at radius 2 is 1.82 bits per heavy atom. The van der Waals surface area contributed by atoms with E-state index in [1.54, 1.807) is 6.20 Å². The largest absolute Gasteiger partial charge is 0.433 e. The van der Waals surface area contributed by atoms with Gasteiger partial charge in [-0.2, -0.15) is 18.3 Å². The molecule has 0 atom stereocenters. The van der Waals surface area contributed by atoms with Gasteiger partial charge in [-0.1, -0.05) is 0 Å². The van der Waals surface area contributed by atoms with Crippen LogP contribution in [0.1, 0.15) is 31.4 Å². The summed E-state index contributed by atoms with van der Waals surface area (Å²) >= 11 is 0. The van der Waals surface area contributed by atoms with Gasteiger partial charge in [0.05, 0.1) is 24.3 Å². The van der Waals surface area contributed by atoms with Crippen LogP contribution in [0, 0.1) is 5.41 Å². The number of nitrogens with one attached hydrogen (secondary N) is 1. The maximum Gasteiger partial charge on any atom is 0.433 e. The summed E-state index contributed by atoms with van der Waals surface area (Å²) in [4.78, 5) is 14.4. The molecule has 0 amide bonds. The van der Waals surface area contributed by atoms with Gasteiger partial charge in [0.1, 0.15) is 23.6 Å². The quantitative estimate of drug-likeness (QED) is 0.562. The lowest BCUT2D eigenvalue weighted by molar-refractivity contribution is -0.141. The van der Waals surface area contributed by atoms with Crippen LogP contribution in [-0.4, -0.2) is 50.3 Å². The number of hydrogen-bond acceptors (Lipinski definition) is 6. The average Bonchev–Trinajstić information content (AvgIpc) is 3.14. The second-order valence-corrected chi connectivity index (χ2v) is 8.82. The first kappa shape index (κ1) is 21.8. The first-order valence-corrected chi connectivity index (χ1v) is 10.7. The number of alkyl halides is 5. The van der Waals surface area contributed by atoms with Gasteiger partial charge in [-0.3, -0.25) is 0 Å². The van der Waals surface area contributed by atoms with Crippen LogP contribution >= 0.6 is 0 Å². The number of fused-ring (bicyclic) bond motifs is 1. The molecule has 12 heteroatoms. The van der Waals surface area contributed by atoms with Crippen molar-refractivity contribution in [1.29, 1.82) is 0 Å². The van der Waals surface area contributed by atoms with E-state index in [-0.39, 0.29) is 11.5 Å². The molecule has 2 aliphatic rings. The lowest BCUT2D eigenvalue weighted by Crippen LogP contribution is -2.51. The minimum atomic E-state index is -4.44. The van der Waals surface area contributed by atoms with Crippen LogP contribution in [0.25, 0.3) is 11.2 Å². The van der Waals surface area contributed by atoms with Crippen molar-refractivity contribution in [1.82, 2.24) is 24.7 Å². The van der Waals surface area contributed by atoms with Gasteiger partial charge in [0.25, 0.3) is 6.43 Å². The monoisotopic (exact) mass is 467 g/mol. The molecule has 2 fully saturated rings. The fourth-order valence-electron chi connectivity index (χ4n) is 4.85. The molecular formula is C21H22F5N7. The summed E-state index contributed by atoms with van der Waals surface area (Å²) in [5.74, 6) is 0.651. The summed E-state index contributed by atoms with van der Waals surface area (Å²) in [6.45, 7) is 1.03. The van der Waals surface area contributed by atoms with Crippen LogP contribution in [-0.2, 0) is 12.7 Å². The van der Waals surface area contributed by atoms with Gasteiger partial charge in [0.15, 0.2) is 5.65 Å². The van der Waals surface area contributed by atoms with Crippen LogP contribution in [0.5, 0.6) is 0 Å². The minimum Gasteiger partial charge on any atom is -0.381 e. The average molecular weight is 467 g/mol. The molecule has 33 heavy (non-hydrogen) atoms. The molecule has 1 aliphatic heterocycles. The molecule has 1 spiro atoms. The Hall–Kier alpha value is -3.05. The Morgan fingerprint density at radius 3 is 2.45 bits per heavy atom. The highest BCUT2D eigenvalue weighted by Gasteiger charge is 2.46. The van der Waals surface area contributed by atoms with E-state index < -0.39 is 24.8 Å². The van der Waals surface area contributed by atoms with E-state index in [0.717, 1.165) is 44.8 Å². The van der Waals surface area contributed by atoms with E-state index in [1.807, 2.05) is 0 Å². The number of piperidine rings is 1. The molecule has 0 radical (unpaired) electrons. The number of pyridine rings is 1. The molecule has 1 N–H and O–H groups in total. The second-order valence-electron chi connectivity index (χ2n) is 8.82. The Morgan fingerprint density at radius 1 is 1.06 bits per heavy atom. The zero-order chi connectivity index (χ0) is 23.2. The summed E-state index contributed by atoms with van der Waals surface area (Å²) < 4.78 is 64.7. The maximum absolute atomic E-state index is 12.8. The third-order valence-corrected chi connectivity index (χ3v) is 6.58. The predicted octanol–water partition coefficient (Wildman–Crippen LogP) is 4.37. The van der Waals surface area contributed by atoms with E-state index in [1.165, 1.54) is 23.1 Å². The fraction of sp³-hybridized carbons (Fsp3) is 0.524. The Bertz CT molecular complexity index is 1110. The van der Waals surface area contributed by atoms with Gasteiger partial charge >= 0.3 is 6.18 Å². The number of hydrogen-bond donors (Lipinski definition) is 1. The number of aromatic nitrogens is 5. The van der Waals surface area contributed by atoms with Gasteiger partial charge in [0, 0.05) is 19.1 Å². The summed E-state index contributed by atoms with van der Waals surface area (Å²) in [6.07, 6.45) is 1.13. The molecule has 1 saturated heterocycles. The molecule has 1 saturated carbocycles. The molecule has 5 rings (SSSR count). The van der Waals surface area contributed by atoms with Gasteiger partial charge < -0.3 is 10.2 Å². The number of anilines is 2. The highest BCUT2D eigenvalue weighted by Crippen LogP contribution is 2.50. The molecule has 0 aromatic carbocycles. The highest BCUT2D eigenvalue weighted by molar-refractivity contribution is 5.71. The van der Waals surface area contributed by atoms with Crippen LogP contribution in [0.3, 0.4) is 0 Å². The second kappa shape index (κ2) is 8.07. The van der Waals surface area contributed by atoms with Crippen molar-refractivity contribution < 1.29 is 22.0 Å². The Kier molecular flexibility index (Phi) is 5.32. The topological polar surface area (TPSA) is 71.8 Å². The van der Waals surface area contributed by atoms with Gasteiger partial charge in [-0.15, -0.1) is 0 Å². The lowest BCUT2D eigenvalue weighted by Gasteiger charge is -2.52. The van der Waals surface area contributed by atoms with Gasteiger partial charge in [-0.25, -0.2) is 28.4 Å².